The van der Waals surface area contributed by atoms with Crippen LogP contribution in [0.3, 0.4) is 0 Å². The van der Waals surface area contributed by atoms with E-state index in [1.807, 2.05) is 78.9 Å². The van der Waals surface area contributed by atoms with Gasteiger partial charge in [-0.05, 0) is 42.3 Å². The molecule has 2 aromatic carbocycles. The molecule has 1 atom stereocenters. The van der Waals surface area contributed by atoms with Gasteiger partial charge in [0.1, 0.15) is 5.76 Å². The lowest BCUT2D eigenvalue weighted by Gasteiger charge is -2.29. The average molecular weight is 331 g/mol. The number of nitrogens with zero attached hydrogens (tertiary/aromatic N) is 1. The van der Waals surface area contributed by atoms with Crippen molar-refractivity contribution in [3.05, 3.63) is 96.5 Å². The van der Waals surface area contributed by atoms with E-state index >= 15 is 0 Å². The Balaban J connectivity index is 1.93. The van der Waals surface area contributed by atoms with Crippen molar-refractivity contribution in [2.24, 2.45) is 0 Å². The molecular weight excluding hydrogens is 310 g/mol. The monoisotopic (exact) mass is 331 g/mol. The number of anilines is 1. The molecule has 0 aliphatic rings. The minimum atomic E-state index is -0.148. The molecule has 126 valence electrons. The number of amides is 1. The van der Waals surface area contributed by atoms with Crippen LogP contribution in [0.4, 0.5) is 5.69 Å². The highest BCUT2D eigenvalue weighted by Gasteiger charge is 2.25. The van der Waals surface area contributed by atoms with Crippen LogP contribution in [0, 0.1) is 0 Å². The van der Waals surface area contributed by atoms with Crippen molar-refractivity contribution in [3.8, 4) is 0 Å². The molecule has 0 saturated carbocycles. The van der Waals surface area contributed by atoms with E-state index in [2.05, 4.69) is 6.92 Å². The minimum absolute atomic E-state index is 0.0710. The smallest absolute Gasteiger partial charge is 0.251 e. The summed E-state index contributed by atoms with van der Waals surface area (Å²) in [5, 5.41) is 0. The van der Waals surface area contributed by atoms with Crippen molar-refractivity contribution in [3.63, 3.8) is 0 Å². The molecule has 0 spiro atoms. The fraction of sp³-hybridized carbons (Fsp3) is 0.136. The fourth-order valence-corrected chi connectivity index (χ4v) is 2.85. The second-order valence-corrected chi connectivity index (χ2v) is 5.73. The first kappa shape index (κ1) is 16.8. The van der Waals surface area contributed by atoms with Gasteiger partial charge >= 0.3 is 0 Å². The van der Waals surface area contributed by atoms with Gasteiger partial charge in [0, 0.05) is 11.8 Å². The van der Waals surface area contributed by atoms with E-state index in [4.69, 9.17) is 4.42 Å². The van der Waals surface area contributed by atoms with Gasteiger partial charge in [-0.2, -0.15) is 0 Å². The van der Waals surface area contributed by atoms with Gasteiger partial charge in [-0.3, -0.25) is 9.69 Å². The van der Waals surface area contributed by atoms with Gasteiger partial charge in [-0.1, -0.05) is 55.5 Å². The van der Waals surface area contributed by atoms with Gasteiger partial charge in [0.2, 0.25) is 0 Å². The first-order valence-electron chi connectivity index (χ1n) is 8.44. The van der Waals surface area contributed by atoms with Crippen molar-refractivity contribution >= 4 is 17.7 Å². The van der Waals surface area contributed by atoms with Gasteiger partial charge in [-0.25, -0.2) is 0 Å². The number of hydrogen-bond acceptors (Lipinski definition) is 2. The maximum Gasteiger partial charge on any atom is 0.251 e. The first-order valence-corrected chi connectivity index (χ1v) is 8.44. The number of benzene rings is 2. The van der Waals surface area contributed by atoms with Crippen LogP contribution in [0.2, 0.25) is 0 Å². The quantitative estimate of drug-likeness (QED) is 0.561. The molecule has 0 aliphatic carbocycles. The van der Waals surface area contributed by atoms with Crippen LogP contribution in [0.1, 0.15) is 30.7 Å². The molecule has 3 heteroatoms. The van der Waals surface area contributed by atoms with E-state index in [0.717, 1.165) is 23.4 Å². The molecule has 0 fully saturated rings. The third-order valence-corrected chi connectivity index (χ3v) is 4.06. The van der Waals surface area contributed by atoms with Crippen LogP contribution >= 0.6 is 0 Å². The van der Waals surface area contributed by atoms with Crippen LogP contribution < -0.4 is 4.90 Å². The van der Waals surface area contributed by atoms with Crippen molar-refractivity contribution in [2.45, 2.75) is 19.4 Å². The molecule has 3 rings (SSSR count). The molecular formula is C22H21NO2. The van der Waals surface area contributed by atoms with Crippen molar-refractivity contribution < 1.29 is 9.21 Å². The number of carbonyl (C=O) groups is 1. The Morgan fingerprint density at radius 2 is 1.68 bits per heavy atom. The minimum Gasteiger partial charge on any atom is -0.467 e. The van der Waals surface area contributed by atoms with Crippen LogP contribution in [0.5, 0.6) is 0 Å². The molecule has 1 unspecified atom stereocenters. The van der Waals surface area contributed by atoms with Crippen LogP contribution in [-0.4, -0.2) is 5.91 Å². The van der Waals surface area contributed by atoms with Gasteiger partial charge < -0.3 is 4.42 Å². The Morgan fingerprint density at radius 1 is 1.00 bits per heavy atom. The Bertz CT molecular complexity index is 808. The van der Waals surface area contributed by atoms with Gasteiger partial charge in [0.25, 0.3) is 5.91 Å². The largest absolute Gasteiger partial charge is 0.467 e. The lowest BCUT2D eigenvalue weighted by Crippen LogP contribution is -2.33. The highest BCUT2D eigenvalue weighted by Crippen LogP contribution is 2.30. The standard InChI is InChI=1S/C22H21NO2/c1-2-20(21-14-9-17-25-21)23(19-12-7-4-8-13-19)22(24)16-15-18-10-5-3-6-11-18/h3-17,20H,2H2,1H3. The van der Waals surface area contributed by atoms with E-state index in [9.17, 15) is 4.79 Å². The van der Waals surface area contributed by atoms with Gasteiger partial charge in [0.15, 0.2) is 0 Å². The Kier molecular flexibility index (Phi) is 5.47. The second kappa shape index (κ2) is 8.15. The SMILES string of the molecule is CCC(c1ccco1)N(C(=O)C=Cc1ccccc1)c1ccccc1. The first-order chi connectivity index (χ1) is 12.3. The zero-order valence-corrected chi connectivity index (χ0v) is 14.2. The number of furan rings is 1. The summed E-state index contributed by atoms with van der Waals surface area (Å²) in [6.07, 6.45) is 5.86. The normalized spacial score (nSPS) is 12.2. The molecule has 1 amide bonds. The third-order valence-electron chi connectivity index (χ3n) is 4.06. The summed E-state index contributed by atoms with van der Waals surface area (Å²) in [4.78, 5) is 14.8. The van der Waals surface area contributed by atoms with Crippen molar-refractivity contribution in [1.29, 1.82) is 0 Å². The van der Waals surface area contributed by atoms with Gasteiger partial charge in [-0.15, -0.1) is 0 Å². The summed E-state index contributed by atoms with van der Waals surface area (Å²) in [7, 11) is 0. The van der Waals surface area contributed by atoms with E-state index in [-0.39, 0.29) is 11.9 Å². The summed E-state index contributed by atoms with van der Waals surface area (Å²) in [5.74, 6) is 0.714. The average Bonchev–Trinajstić information content (AvgIpc) is 3.20. The summed E-state index contributed by atoms with van der Waals surface area (Å²) in [6, 6.07) is 23.1. The van der Waals surface area contributed by atoms with Gasteiger partial charge in [0.05, 0.1) is 12.3 Å². The third kappa shape index (κ3) is 4.07. The highest BCUT2D eigenvalue weighted by atomic mass is 16.3. The highest BCUT2D eigenvalue weighted by molar-refractivity contribution is 6.04. The number of rotatable bonds is 6. The molecule has 0 saturated heterocycles. The summed E-state index contributed by atoms with van der Waals surface area (Å²) in [6.45, 7) is 2.05. The number of carbonyl (C=O) groups excluding carboxylic acids is 1. The fourth-order valence-electron chi connectivity index (χ4n) is 2.85. The maximum absolute atomic E-state index is 13.0. The van der Waals surface area contributed by atoms with Crippen LogP contribution in [-0.2, 0) is 4.79 Å². The molecule has 25 heavy (non-hydrogen) atoms. The van der Waals surface area contributed by atoms with Crippen LogP contribution in [0.15, 0.2) is 89.6 Å². The number of para-hydroxylation sites is 1. The molecule has 3 aromatic rings. The zero-order chi connectivity index (χ0) is 17.5. The predicted molar refractivity (Wildman–Crippen MR) is 101 cm³/mol. The van der Waals surface area contributed by atoms with Crippen LogP contribution in [0.25, 0.3) is 6.08 Å². The Labute approximate surface area is 148 Å². The Morgan fingerprint density at radius 3 is 2.28 bits per heavy atom. The molecule has 0 aliphatic heterocycles. The summed E-state index contributed by atoms with van der Waals surface area (Å²) >= 11 is 0. The molecule has 1 heterocycles. The second-order valence-electron chi connectivity index (χ2n) is 5.73. The van der Waals surface area contributed by atoms with E-state index in [1.165, 1.54) is 0 Å². The summed E-state index contributed by atoms with van der Waals surface area (Å²) in [5.41, 5.74) is 1.85. The molecule has 0 radical (unpaired) electrons. The van der Waals surface area contributed by atoms with Crippen molar-refractivity contribution in [2.75, 3.05) is 4.90 Å². The van der Waals surface area contributed by atoms with Crippen molar-refractivity contribution in [1.82, 2.24) is 0 Å². The number of hydrogen-bond donors (Lipinski definition) is 0. The topological polar surface area (TPSA) is 33.5 Å². The van der Waals surface area contributed by atoms with E-state index < -0.39 is 0 Å². The lowest BCUT2D eigenvalue weighted by atomic mass is 10.1. The maximum atomic E-state index is 13.0. The molecule has 0 bridgehead atoms. The van der Waals surface area contributed by atoms with E-state index in [0.29, 0.717) is 0 Å². The zero-order valence-electron chi connectivity index (χ0n) is 14.2. The lowest BCUT2D eigenvalue weighted by molar-refractivity contribution is -0.114. The molecule has 0 N–H and O–H groups in total. The molecule has 1 aromatic heterocycles. The summed E-state index contributed by atoms with van der Waals surface area (Å²) < 4.78 is 5.58. The predicted octanol–water partition coefficient (Wildman–Crippen LogP) is 5.48. The Hall–Kier alpha value is -3.07. The molecule has 3 nitrogen and oxygen atoms in total. The van der Waals surface area contributed by atoms with E-state index in [1.54, 1.807) is 17.2 Å².